The summed E-state index contributed by atoms with van der Waals surface area (Å²) in [5.41, 5.74) is 0.949. The third-order valence-corrected chi connectivity index (χ3v) is 2.16. The van der Waals surface area contributed by atoms with Crippen LogP contribution in [0.3, 0.4) is 0 Å². The van der Waals surface area contributed by atoms with E-state index >= 15 is 0 Å². The number of aromatic nitrogens is 2. The van der Waals surface area contributed by atoms with Crippen molar-refractivity contribution in [3.05, 3.63) is 54.1 Å². The Morgan fingerprint density at radius 1 is 1.47 bits per heavy atom. The Hall–Kier alpha value is -2.54. The van der Waals surface area contributed by atoms with Gasteiger partial charge in [0.25, 0.3) is 0 Å². The number of imidazole rings is 1. The van der Waals surface area contributed by atoms with Gasteiger partial charge in [-0.1, -0.05) is 17.9 Å². The summed E-state index contributed by atoms with van der Waals surface area (Å²) in [5, 5.41) is 8.82. The molecule has 1 aromatic carbocycles. The summed E-state index contributed by atoms with van der Waals surface area (Å²) in [6, 6.07) is 6.57. The molecule has 0 saturated carbocycles. The van der Waals surface area contributed by atoms with E-state index in [0.717, 1.165) is 0 Å². The largest absolute Gasteiger partial charge is 0.478 e. The van der Waals surface area contributed by atoms with Gasteiger partial charge in [-0.15, -0.1) is 0 Å². The Balaban J connectivity index is 2.11. The average Bonchev–Trinajstić information content (AvgIpc) is 2.82. The Kier molecular flexibility index (Phi) is 3.22. The van der Waals surface area contributed by atoms with Gasteiger partial charge in [0.2, 0.25) is 0 Å². The van der Waals surface area contributed by atoms with Crippen LogP contribution in [-0.4, -0.2) is 20.6 Å². The zero-order chi connectivity index (χ0) is 12.1. The fourth-order valence-electron chi connectivity index (χ4n) is 1.34. The van der Waals surface area contributed by atoms with Gasteiger partial charge in [-0.2, -0.15) is 0 Å². The highest BCUT2D eigenvalue weighted by atomic mass is 16.4. The van der Waals surface area contributed by atoms with Crippen LogP contribution < -0.4 is 0 Å². The minimum absolute atomic E-state index is 0.249. The standard InChI is InChI=1S/C13H10N2O2/c16-13(17)12-5-1-3-11(9-12)4-2-7-15-8-6-14-10-15/h1,3,5-6,8-10H,7H2,(H,16,17). The molecule has 0 radical (unpaired) electrons. The summed E-state index contributed by atoms with van der Waals surface area (Å²) in [4.78, 5) is 14.7. The molecular formula is C13H10N2O2. The lowest BCUT2D eigenvalue weighted by Gasteiger charge is -1.95. The Labute approximate surface area is 98.5 Å². The normalized spacial score (nSPS) is 9.41. The van der Waals surface area contributed by atoms with Crippen molar-refractivity contribution in [1.29, 1.82) is 0 Å². The molecule has 4 nitrogen and oxygen atoms in total. The van der Waals surface area contributed by atoms with Crippen molar-refractivity contribution in [2.24, 2.45) is 0 Å². The van der Waals surface area contributed by atoms with Crippen molar-refractivity contribution in [2.75, 3.05) is 0 Å². The lowest BCUT2D eigenvalue weighted by atomic mass is 10.1. The summed E-state index contributed by atoms with van der Waals surface area (Å²) >= 11 is 0. The van der Waals surface area contributed by atoms with E-state index in [9.17, 15) is 4.79 Å². The van der Waals surface area contributed by atoms with Crippen LogP contribution in [0.4, 0.5) is 0 Å². The smallest absolute Gasteiger partial charge is 0.335 e. The van der Waals surface area contributed by atoms with E-state index in [1.807, 2.05) is 10.8 Å². The third-order valence-electron chi connectivity index (χ3n) is 2.16. The molecule has 0 saturated heterocycles. The Bertz CT molecular complexity index is 577. The first-order chi connectivity index (χ1) is 8.25. The molecular weight excluding hydrogens is 216 g/mol. The van der Waals surface area contributed by atoms with Gasteiger partial charge in [0.05, 0.1) is 18.4 Å². The molecule has 0 aliphatic rings. The molecule has 1 heterocycles. The zero-order valence-corrected chi connectivity index (χ0v) is 9.00. The highest BCUT2D eigenvalue weighted by Crippen LogP contribution is 2.03. The molecule has 0 fully saturated rings. The molecule has 0 amide bonds. The fourth-order valence-corrected chi connectivity index (χ4v) is 1.34. The summed E-state index contributed by atoms with van der Waals surface area (Å²) in [5.74, 6) is 4.93. The fraction of sp³-hybridized carbons (Fsp3) is 0.0769. The molecule has 0 aliphatic carbocycles. The van der Waals surface area contributed by atoms with Gasteiger partial charge in [-0.05, 0) is 18.2 Å². The highest BCUT2D eigenvalue weighted by molar-refractivity contribution is 5.87. The molecule has 2 aromatic rings. The maximum Gasteiger partial charge on any atom is 0.335 e. The number of rotatable bonds is 2. The van der Waals surface area contributed by atoms with Gasteiger partial charge in [-0.25, -0.2) is 9.78 Å². The van der Waals surface area contributed by atoms with Gasteiger partial charge in [0, 0.05) is 18.0 Å². The van der Waals surface area contributed by atoms with Crippen molar-refractivity contribution in [2.45, 2.75) is 6.54 Å². The van der Waals surface area contributed by atoms with Crippen molar-refractivity contribution in [1.82, 2.24) is 9.55 Å². The summed E-state index contributed by atoms with van der Waals surface area (Å²) in [7, 11) is 0. The molecule has 2 rings (SSSR count). The summed E-state index contributed by atoms with van der Waals surface area (Å²) in [6.45, 7) is 0.539. The highest BCUT2D eigenvalue weighted by Gasteiger charge is 2.00. The second-order valence-electron chi connectivity index (χ2n) is 3.42. The van der Waals surface area contributed by atoms with Crippen LogP contribution in [0.15, 0.2) is 43.0 Å². The van der Waals surface area contributed by atoms with Gasteiger partial charge in [0.1, 0.15) is 0 Å². The Morgan fingerprint density at radius 3 is 3.06 bits per heavy atom. The van der Waals surface area contributed by atoms with E-state index in [-0.39, 0.29) is 5.56 Å². The number of nitrogens with zero attached hydrogens (tertiary/aromatic N) is 2. The van der Waals surface area contributed by atoms with E-state index in [0.29, 0.717) is 12.1 Å². The van der Waals surface area contributed by atoms with Gasteiger partial charge < -0.3 is 9.67 Å². The minimum atomic E-state index is -0.941. The van der Waals surface area contributed by atoms with Crippen LogP contribution in [0.2, 0.25) is 0 Å². The Morgan fingerprint density at radius 2 is 2.35 bits per heavy atom. The van der Waals surface area contributed by atoms with Gasteiger partial charge in [0.15, 0.2) is 0 Å². The summed E-state index contributed by atoms with van der Waals surface area (Å²) < 4.78 is 1.84. The molecule has 1 aromatic heterocycles. The molecule has 0 aliphatic heterocycles. The first kappa shape index (κ1) is 11.0. The van der Waals surface area contributed by atoms with Crippen molar-refractivity contribution in [3.8, 4) is 11.8 Å². The second kappa shape index (κ2) is 4.99. The number of hydrogen-bond acceptors (Lipinski definition) is 2. The first-order valence-corrected chi connectivity index (χ1v) is 5.04. The number of hydrogen-bond donors (Lipinski definition) is 1. The minimum Gasteiger partial charge on any atom is -0.478 e. The number of carboxylic acids is 1. The maximum absolute atomic E-state index is 10.8. The van der Waals surface area contributed by atoms with Crippen LogP contribution in [0, 0.1) is 11.8 Å². The predicted octanol–water partition coefficient (Wildman–Crippen LogP) is 1.63. The van der Waals surface area contributed by atoms with E-state index in [2.05, 4.69) is 16.8 Å². The van der Waals surface area contributed by atoms with Crippen LogP contribution in [0.25, 0.3) is 0 Å². The zero-order valence-electron chi connectivity index (χ0n) is 9.00. The van der Waals surface area contributed by atoms with Crippen LogP contribution in [0.1, 0.15) is 15.9 Å². The summed E-state index contributed by atoms with van der Waals surface area (Å²) in [6.07, 6.45) is 5.19. The van der Waals surface area contributed by atoms with E-state index in [1.165, 1.54) is 0 Å². The molecule has 0 spiro atoms. The van der Waals surface area contributed by atoms with E-state index in [4.69, 9.17) is 5.11 Å². The maximum atomic E-state index is 10.8. The molecule has 84 valence electrons. The third kappa shape index (κ3) is 2.95. The van der Waals surface area contributed by atoms with Gasteiger partial charge >= 0.3 is 5.97 Å². The number of carboxylic acid groups (broad SMARTS) is 1. The van der Waals surface area contributed by atoms with Crippen LogP contribution in [-0.2, 0) is 6.54 Å². The monoisotopic (exact) mass is 226 g/mol. The number of benzene rings is 1. The van der Waals surface area contributed by atoms with Crippen molar-refractivity contribution in [3.63, 3.8) is 0 Å². The number of carbonyl (C=O) groups is 1. The molecule has 0 bridgehead atoms. The lowest BCUT2D eigenvalue weighted by Crippen LogP contribution is -1.96. The second-order valence-corrected chi connectivity index (χ2v) is 3.42. The lowest BCUT2D eigenvalue weighted by molar-refractivity contribution is 0.0697. The molecule has 4 heteroatoms. The van der Waals surface area contributed by atoms with E-state index in [1.54, 1.807) is 36.8 Å². The van der Waals surface area contributed by atoms with Gasteiger partial charge in [-0.3, -0.25) is 0 Å². The topological polar surface area (TPSA) is 55.1 Å². The van der Waals surface area contributed by atoms with Crippen LogP contribution >= 0.6 is 0 Å². The molecule has 0 atom stereocenters. The predicted molar refractivity (Wildman–Crippen MR) is 62.5 cm³/mol. The molecule has 1 N–H and O–H groups in total. The van der Waals surface area contributed by atoms with Crippen molar-refractivity contribution < 1.29 is 9.90 Å². The van der Waals surface area contributed by atoms with Crippen LogP contribution in [0.5, 0.6) is 0 Å². The SMILES string of the molecule is O=C(O)c1cccc(C#CCn2ccnc2)c1. The molecule has 17 heavy (non-hydrogen) atoms. The first-order valence-electron chi connectivity index (χ1n) is 5.04. The van der Waals surface area contributed by atoms with E-state index < -0.39 is 5.97 Å². The quantitative estimate of drug-likeness (QED) is 0.792. The van der Waals surface area contributed by atoms with Crippen molar-refractivity contribution >= 4 is 5.97 Å². The number of aromatic carboxylic acids is 1. The molecule has 0 unspecified atom stereocenters. The average molecular weight is 226 g/mol.